The van der Waals surface area contributed by atoms with Crippen LogP contribution in [0.4, 0.5) is 0 Å². The van der Waals surface area contributed by atoms with E-state index in [1.165, 1.54) is 32.0 Å². The predicted octanol–water partition coefficient (Wildman–Crippen LogP) is 2.10. The first-order valence-electron chi connectivity index (χ1n) is 5.48. The Morgan fingerprint density at radius 2 is 1.10 bits per heavy atom. The molecule has 1 aromatic carbocycles. The van der Waals surface area contributed by atoms with Crippen molar-refractivity contribution in [3.63, 3.8) is 0 Å². The molecule has 0 aliphatic heterocycles. The standard InChI is InChI=1S/C6H6O3.2C4H6O2/c7-4-2-1-3-5(8)6(4)9;2*1-3(2)4(5)6/h1-3,7-9H;2*1H2,2H3,(H,5,6). The Kier molecular flexibility index (Phi) is 9.60. The normalized spacial score (nSPS) is 8.29. The summed E-state index contributed by atoms with van der Waals surface area (Å²) in [6.07, 6.45) is 0. The number of carboxylic acid groups (broad SMARTS) is 2. The summed E-state index contributed by atoms with van der Waals surface area (Å²) in [6, 6.07) is 4.01. The first kappa shape index (κ1) is 20.4. The molecule has 0 saturated heterocycles. The average Bonchev–Trinajstić information content (AvgIpc) is 2.37. The summed E-state index contributed by atoms with van der Waals surface area (Å²) in [5, 5.41) is 41.9. The van der Waals surface area contributed by atoms with E-state index in [0.717, 1.165) is 0 Å². The van der Waals surface area contributed by atoms with Crippen molar-refractivity contribution in [3.05, 3.63) is 42.5 Å². The van der Waals surface area contributed by atoms with Crippen LogP contribution in [0.3, 0.4) is 0 Å². The van der Waals surface area contributed by atoms with Crippen LogP contribution < -0.4 is 0 Å². The zero-order chi connectivity index (χ0) is 17.2. The molecule has 0 aromatic heterocycles. The zero-order valence-electron chi connectivity index (χ0n) is 11.7. The van der Waals surface area contributed by atoms with Gasteiger partial charge in [-0.3, -0.25) is 0 Å². The van der Waals surface area contributed by atoms with Crippen LogP contribution in [0.2, 0.25) is 0 Å². The van der Waals surface area contributed by atoms with Gasteiger partial charge in [0.15, 0.2) is 17.2 Å². The number of phenolic OH excluding ortho intramolecular Hbond substituents is 3. The van der Waals surface area contributed by atoms with E-state index in [4.69, 9.17) is 25.5 Å². The summed E-state index contributed by atoms with van der Waals surface area (Å²) in [5.41, 5.74) is 0.352. The molecule has 0 bridgehead atoms. The van der Waals surface area contributed by atoms with Gasteiger partial charge in [-0.15, -0.1) is 0 Å². The number of aliphatic carboxylic acids is 2. The van der Waals surface area contributed by atoms with Crippen molar-refractivity contribution in [2.45, 2.75) is 13.8 Å². The molecule has 0 radical (unpaired) electrons. The van der Waals surface area contributed by atoms with Crippen LogP contribution in [0.1, 0.15) is 13.8 Å². The summed E-state index contributed by atoms with van der Waals surface area (Å²) < 4.78 is 0. The minimum Gasteiger partial charge on any atom is -0.504 e. The number of rotatable bonds is 2. The number of para-hydroxylation sites is 1. The van der Waals surface area contributed by atoms with Crippen molar-refractivity contribution < 1.29 is 35.1 Å². The molecule has 0 saturated carbocycles. The van der Waals surface area contributed by atoms with E-state index in [0.29, 0.717) is 0 Å². The van der Waals surface area contributed by atoms with Crippen LogP contribution >= 0.6 is 0 Å². The van der Waals surface area contributed by atoms with Crippen LogP contribution in [0.15, 0.2) is 42.5 Å². The Hall–Kier alpha value is -2.96. The molecule has 1 aromatic rings. The van der Waals surface area contributed by atoms with E-state index in [-0.39, 0.29) is 22.6 Å². The Bertz CT molecular complexity index is 464. The van der Waals surface area contributed by atoms with Gasteiger partial charge in [0.1, 0.15) is 0 Å². The Labute approximate surface area is 121 Å². The maximum absolute atomic E-state index is 9.60. The fraction of sp³-hybridized carbons (Fsp3) is 0.143. The lowest BCUT2D eigenvalue weighted by molar-refractivity contribution is -0.133. The largest absolute Gasteiger partial charge is 0.504 e. The van der Waals surface area contributed by atoms with E-state index in [1.807, 2.05) is 0 Å². The molecule has 7 heteroatoms. The van der Waals surface area contributed by atoms with Crippen LogP contribution in [0.25, 0.3) is 0 Å². The maximum atomic E-state index is 9.60. The third kappa shape index (κ3) is 10.6. The van der Waals surface area contributed by atoms with Gasteiger partial charge in [0.05, 0.1) is 0 Å². The number of aromatic hydroxyl groups is 3. The molecule has 0 fully saturated rings. The molecule has 0 aliphatic carbocycles. The molecule has 7 nitrogen and oxygen atoms in total. The average molecular weight is 298 g/mol. The van der Waals surface area contributed by atoms with Crippen molar-refractivity contribution >= 4 is 11.9 Å². The Morgan fingerprint density at radius 3 is 1.24 bits per heavy atom. The summed E-state index contributed by atoms with van der Waals surface area (Å²) in [6.45, 7) is 9.20. The van der Waals surface area contributed by atoms with E-state index >= 15 is 0 Å². The second-order valence-corrected chi connectivity index (χ2v) is 3.82. The second-order valence-electron chi connectivity index (χ2n) is 3.82. The number of benzene rings is 1. The van der Waals surface area contributed by atoms with Crippen molar-refractivity contribution in [3.8, 4) is 17.2 Å². The molecule has 0 spiro atoms. The summed E-state index contributed by atoms with van der Waals surface area (Å²) in [7, 11) is 0. The summed E-state index contributed by atoms with van der Waals surface area (Å²) in [4.78, 5) is 19.2. The van der Waals surface area contributed by atoms with Gasteiger partial charge in [0, 0.05) is 11.1 Å². The van der Waals surface area contributed by atoms with E-state index in [1.54, 1.807) is 0 Å². The molecule has 5 N–H and O–H groups in total. The topological polar surface area (TPSA) is 135 Å². The lowest BCUT2D eigenvalue weighted by Crippen LogP contribution is -1.92. The molecule has 116 valence electrons. The van der Waals surface area contributed by atoms with Crippen molar-refractivity contribution in [1.82, 2.24) is 0 Å². The highest BCUT2D eigenvalue weighted by atomic mass is 16.4. The van der Waals surface area contributed by atoms with Gasteiger partial charge in [-0.25, -0.2) is 9.59 Å². The predicted molar refractivity (Wildman–Crippen MR) is 76.3 cm³/mol. The van der Waals surface area contributed by atoms with Crippen LogP contribution in [0.5, 0.6) is 17.2 Å². The SMILES string of the molecule is C=C(C)C(=O)O.C=C(C)C(=O)O.Oc1cccc(O)c1O. The van der Waals surface area contributed by atoms with E-state index in [9.17, 15) is 9.59 Å². The maximum Gasteiger partial charge on any atom is 0.330 e. The van der Waals surface area contributed by atoms with Crippen LogP contribution in [-0.4, -0.2) is 37.5 Å². The second kappa shape index (κ2) is 9.90. The highest BCUT2D eigenvalue weighted by Crippen LogP contribution is 2.32. The third-order valence-electron chi connectivity index (χ3n) is 1.72. The highest BCUT2D eigenvalue weighted by Gasteiger charge is 2.01. The van der Waals surface area contributed by atoms with Crippen molar-refractivity contribution in [1.29, 1.82) is 0 Å². The zero-order valence-corrected chi connectivity index (χ0v) is 11.7. The van der Waals surface area contributed by atoms with Crippen molar-refractivity contribution in [2.24, 2.45) is 0 Å². The van der Waals surface area contributed by atoms with Gasteiger partial charge in [-0.1, -0.05) is 19.2 Å². The lowest BCUT2D eigenvalue weighted by atomic mass is 10.3. The highest BCUT2D eigenvalue weighted by molar-refractivity contribution is 5.85. The first-order valence-corrected chi connectivity index (χ1v) is 5.48. The number of hydrogen-bond donors (Lipinski definition) is 5. The molecule has 0 aliphatic rings. The number of carbonyl (C=O) groups is 2. The Balaban J connectivity index is 0. The molecule has 0 amide bonds. The fourth-order valence-corrected chi connectivity index (χ4v) is 0.519. The number of phenols is 3. The molecule has 21 heavy (non-hydrogen) atoms. The molecule has 0 unspecified atom stereocenters. The van der Waals surface area contributed by atoms with E-state index < -0.39 is 17.7 Å². The van der Waals surface area contributed by atoms with Gasteiger partial charge in [-0.05, 0) is 26.0 Å². The van der Waals surface area contributed by atoms with E-state index in [2.05, 4.69) is 13.2 Å². The lowest BCUT2D eigenvalue weighted by Gasteiger charge is -1.96. The number of hydrogen-bond acceptors (Lipinski definition) is 5. The van der Waals surface area contributed by atoms with Gasteiger partial charge in [0.25, 0.3) is 0 Å². The first-order chi connectivity index (χ1) is 9.50. The minimum absolute atomic E-state index is 0.176. The van der Waals surface area contributed by atoms with Gasteiger partial charge < -0.3 is 25.5 Å². The molecular weight excluding hydrogens is 280 g/mol. The molecule has 1 rings (SSSR count). The fourth-order valence-electron chi connectivity index (χ4n) is 0.519. The van der Waals surface area contributed by atoms with Crippen molar-refractivity contribution in [2.75, 3.05) is 0 Å². The van der Waals surface area contributed by atoms with Gasteiger partial charge in [-0.2, -0.15) is 0 Å². The van der Waals surface area contributed by atoms with Gasteiger partial charge >= 0.3 is 11.9 Å². The van der Waals surface area contributed by atoms with Gasteiger partial charge in [0.2, 0.25) is 0 Å². The molecule has 0 atom stereocenters. The monoisotopic (exact) mass is 298 g/mol. The Morgan fingerprint density at radius 1 is 0.857 bits per heavy atom. The minimum atomic E-state index is -0.935. The third-order valence-corrected chi connectivity index (χ3v) is 1.72. The summed E-state index contributed by atoms with van der Waals surface area (Å²) in [5.74, 6) is -2.97. The molecule has 0 heterocycles. The summed E-state index contributed by atoms with van der Waals surface area (Å²) >= 11 is 0. The smallest absolute Gasteiger partial charge is 0.330 e. The van der Waals surface area contributed by atoms with Crippen LogP contribution in [-0.2, 0) is 9.59 Å². The molecular formula is C14H18O7. The van der Waals surface area contributed by atoms with Crippen LogP contribution in [0, 0.1) is 0 Å². The quantitative estimate of drug-likeness (QED) is 0.416. The number of carboxylic acids is 2.